The van der Waals surface area contributed by atoms with Crippen molar-refractivity contribution in [1.29, 1.82) is 0 Å². The van der Waals surface area contributed by atoms with Crippen LogP contribution >= 0.6 is 0 Å². The average molecular weight is 248 g/mol. The minimum atomic E-state index is 0.193. The van der Waals surface area contributed by atoms with Gasteiger partial charge in [-0.05, 0) is 24.0 Å². The highest BCUT2D eigenvalue weighted by molar-refractivity contribution is 5.47. The highest BCUT2D eigenvalue weighted by Gasteiger charge is 2.29. The van der Waals surface area contributed by atoms with Crippen LogP contribution in [-0.2, 0) is 0 Å². The first kappa shape index (κ1) is 15.0. The fraction of sp³-hybridized carbons (Fsp3) is 0.625. The van der Waals surface area contributed by atoms with Crippen molar-refractivity contribution >= 4 is 5.69 Å². The number of nitrogens with zero attached hydrogens (tertiary/aromatic N) is 1. The molecule has 0 bridgehead atoms. The van der Waals surface area contributed by atoms with E-state index < -0.39 is 0 Å². The van der Waals surface area contributed by atoms with E-state index in [0.717, 1.165) is 6.54 Å². The third-order valence-corrected chi connectivity index (χ3v) is 3.44. The smallest absolute Gasteiger partial charge is 0.0460 e. The van der Waals surface area contributed by atoms with Gasteiger partial charge in [0.2, 0.25) is 0 Å². The third-order valence-electron chi connectivity index (χ3n) is 3.44. The Morgan fingerprint density at radius 2 is 1.78 bits per heavy atom. The number of hydrogen-bond acceptors (Lipinski definition) is 2. The Bertz CT molecular complexity index is 327. The monoisotopic (exact) mass is 248 g/mol. The van der Waals surface area contributed by atoms with Crippen LogP contribution in [-0.4, -0.2) is 19.1 Å². The minimum Gasteiger partial charge on any atom is -0.367 e. The standard InChI is InChI=1S/C16H28N2/c1-5-6-12-18(14-10-8-7-9-11-14)15(13-17)16(2,3)4/h7-11,15H,5-6,12-13,17H2,1-4H3. The van der Waals surface area contributed by atoms with Gasteiger partial charge >= 0.3 is 0 Å². The maximum Gasteiger partial charge on any atom is 0.0460 e. The van der Waals surface area contributed by atoms with Crippen molar-refractivity contribution in [2.75, 3.05) is 18.0 Å². The first-order valence-corrected chi connectivity index (χ1v) is 7.02. The van der Waals surface area contributed by atoms with E-state index in [1.165, 1.54) is 18.5 Å². The van der Waals surface area contributed by atoms with E-state index in [1.54, 1.807) is 0 Å². The minimum absolute atomic E-state index is 0.193. The third kappa shape index (κ3) is 4.02. The van der Waals surface area contributed by atoms with Gasteiger partial charge in [-0.2, -0.15) is 0 Å². The van der Waals surface area contributed by atoms with Gasteiger partial charge in [0.05, 0.1) is 0 Å². The second-order valence-corrected chi connectivity index (χ2v) is 6.00. The van der Waals surface area contributed by atoms with Crippen molar-refractivity contribution in [2.24, 2.45) is 11.1 Å². The van der Waals surface area contributed by atoms with Crippen LogP contribution in [0.15, 0.2) is 30.3 Å². The summed E-state index contributed by atoms with van der Waals surface area (Å²) in [6.45, 7) is 10.8. The number of benzene rings is 1. The lowest BCUT2D eigenvalue weighted by atomic mass is 9.85. The zero-order valence-electron chi connectivity index (χ0n) is 12.3. The Hall–Kier alpha value is -1.02. The van der Waals surface area contributed by atoms with Gasteiger partial charge in [-0.3, -0.25) is 0 Å². The second-order valence-electron chi connectivity index (χ2n) is 6.00. The molecule has 0 saturated heterocycles. The van der Waals surface area contributed by atoms with Gasteiger partial charge in [-0.15, -0.1) is 0 Å². The Morgan fingerprint density at radius 3 is 2.22 bits per heavy atom. The van der Waals surface area contributed by atoms with E-state index in [4.69, 9.17) is 5.73 Å². The SMILES string of the molecule is CCCCN(c1ccccc1)C(CN)C(C)(C)C. The molecule has 0 heterocycles. The van der Waals surface area contributed by atoms with Crippen LogP contribution in [0.5, 0.6) is 0 Å². The summed E-state index contributed by atoms with van der Waals surface area (Å²) in [5.41, 5.74) is 7.51. The van der Waals surface area contributed by atoms with Gasteiger partial charge in [-0.25, -0.2) is 0 Å². The van der Waals surface area contributed by atoms with E-state index in [-0.39, 0.29) is 5.41 Å². The van der Waals surface area contributed by atoms with Crippen molar-refractivity contribution < 1.29 is 0 Å². The van der Waals surface area contributed by atoms with Crippen LogP contribution in [0.1, 0.15) is 40.5 Å². The summed E-state index contributed by atoms with van der Waals surface area (Å²) in [5, 5.41) is 0. The van der Waals surface area contributed by atoms with Crippen LogP contribution in [0.3, 0.4) is 0 Å². The Kier molecular flexibility index (Phi) is 5.67. The number of hydrogen-bond donors (Lipinski definition) is 1. The zero-order valence-corrected chi connectivity index (χ0v) is 12.3. The summed E-state index contributed by atoms with van der Waals surface area (Å²) in [7, 11) is 0. The zero-order chi connectivity index (χ0) is 13.6. The van der Waals surface area contributed by atoms with Gasteiger partial charge in [0, 0.05) is 24.8 Å². The van der Waals surface area contributed by atoms with Crippen molar-refractivity contribution in [1.82, 2.24) is 0 Å². The summed E-state index contributed by atoms with van der Waals surface area (Å²) in [4.78, 5) is 2.48. The second kappa shape index (κ2) is 6.79. The molecule has 0 radical (unpaired) electrons. The molecule has 2 nitrogen and oxygen atoms in total. The quantitative estimate of drug-likeness (QED) is 0.832. The number of unbranched alkanes of at least 4 members (excludes halogenated alkanes) is 1. The molecule has 1 unspecified atom stereocenters. The van der Waals surface area contributed by atoms with Crippen LogP contribution in [0.2, 0.25) is 0 Å². The van der Waals surface area contributed by atoms with E-state index >= 15 is 0 Å². The van der Waals surface area contributed by atoms with Crippen molar-refractivity contribution in [3.63, 3.8) is 0 Å². The van der Waals surface area contributed by atoms with E-state index in [1.807, 2.05) is 0 Å². The molecular weight excluding hydrogens is 220 g/mol. The molecule has 0 spiro atoms. The highest BCUT2D eigenvalue weighted by Crippen LogP contribution is 2.28. The van der Waals surface area contributed by atoms with E-state index in [0.29, 0.717) is 12.6 Å². The fourth-order valence-corrected chi connectivity index (χ4v) is 2.36. The molecule has 1 aromatic carbocycles. The predicted molar refractivity (Wildman–Crippen MR) is 81.0 cm³/mol. The molecule has 102 valence electrons. The lowest BCUT2D eigenvalue weighted by molar-refractivity contribution is 0.306. The highest BCUT2D eigenvalue weighted by atomic mass is 15.2. The summed E-state index contributed by atoms with van der Waals surface area (Å²) >= 11 is 0. The van der Waals surface area contributed by atoms with E-state index in [9.17, 15) is 0 Å². The molecule has 0 aliphatic carbocycles. The number of para-hydroxylation sites is 1. The molecule has 2 N–H and O–H groups in total. The van der Waals surface area contributed by atoms with Gasteiger partial charge in [0.15, 0.2) is 0 Å². The topological polar surface area (TPSA) is 29.3 Å². The predicted octanol–water partition coefficient (Wildman–Crippen LogP) is 3.67. The molecule has 0 aliphatic heterocycles. The largest absolute Gasteiger partial charge is 0.367 e. The molecule has 18 heavy (non-hydrogen) atoms. The first-order valence-electron chi connectivity index (χ1n) is 7.02. The maximum atomic E-state index is 6.03. The van der Waals surface area contributed by atoms with Crippen molar-refractivity contribution in [3.05, 3.63) is 30.3 Å². The normalized spacial score (nSPS) is 13.4. The van der Waals surface area contributed by atoms with Crippen LogP contribution in [0, 0.1) is 5.41 Å². The van der Waals surface area contributed by atoms with Gasteiger partial charge in [-0.1, -0.05) is 52.3 Å². The lowest BCUT2D eigenvalue weighted by Gasteiger charge is -2.41. The molecule has 0 amide bonds. The van der Waals surface area contributed by atoms with Crippen molar-refractivity contribution in [3.8, 4) is 0 Å². The molecule has 1 aromatic rings. The van der Waals surface area contributed by atoms with E-state index in [2.05, 4.69) is 62.9 Å². The number of rotatable bonds is 6. The van der Waals surface area contributed by atoms with Crippen molar-refractivity contribution in [2.45, 2.75) is 46.6 Å². The molecule has 0 aliphatic rings. The summed E-state index contributed by atoms with van der Waals surface area (Å²) in [6, 6.07) is 11.0. The Morgan fingerprint density at radius 1 is 1.17 bits per heavy atom. The Labute approximate surface area is 112 Å². The molecule has 1 rings (SSSR count). The number of anilines is 1. The molecule has 2 heteroatoms. The summed E-state index contributed by atoms with van der Waals surface area (Å²) < 4.78 is 0. The van der Waals surface area contributed by atoms with Gasteiger partial charge in [0.1, 0.15) is 0 Å². The average Bonchev–Trinajstić information content (AvgIpc) is 2.34. The molecular formula is C16H28N2. The lowest BCUT2D eigenvalue weighted by Crippen LogP contribution is -2.49. The molecule has 0 saturated carbocycles. The summed E-state index contributed by atoms with van der Waals surface area (Å²) in [5.74, 6) is 0. The fourth-order valence-electron chi connectivity index (χ4n) is 2.36. The maximum absolute atomic E-state index is 6.03. The molecule has 0 aromatic heterocycles. The molecule has 1 atom stereocenters. The van der Waals surface area contributed by atoms with Crippen LogP contribution in [0.4, 0.5) is 5.69 Å². The first-order chi connectivity index (χ1) is 8.50. The van der Waals surface area contributed by atoms with Gasteiger partial charge < -0.3 is 10.6 Å². The van der Waals surface area contributed by atoms with Crippen LogP contribution in [0.25, 0.3) is 0 Å². The van der Waals surface area contributed by atoms with Gasteiger partial charge in [0.25, 0.3) is 0 Å². The summed E-state index contributed by atoms with van der Waals surface area (Å²) in [6.07, 6.45) is 2.42. The number of nitrogens with two attached hydrogens (primary N) is 1. The molecule has 0 fully saturated rings. The Balaban J connectivity index is 2.97. The van der Waals surface area contributed by atoms with Crippen LogP contribution < -0.4 is 10.6 Å².